The number of carboxylic acid groups (broad SMARTS) is 1. The largest absolute Gasteiger partial charge is 0.481 e. The Kier molecular flexibility index (Phi) is 8.40. The minimum atomic E-state index is -0.826. The van der Waals surface area contributed by atoms with Crippen LogP contribution in [0.2, 0.25) is 0 Å². The third-order valence-electron chi connectivity index (χ3n) is 10.1. The highest BCUT2D eigenvalue weighted by Gasteiger charge is 2.43. The average molecular weight is 537 g/mol. The molecule has 0 radical (unpaired) electrons. The first-order valence-corrected chi connectivity index (χ1v) is 15.6. The number of rotatable bonds is 13. The van der Waals surface area contributed by atoms with Gasteiger partial charge in [-0.15, -0.1) is 0 Å². The van der Waals surface area contributed by atoms with Crippen LogP contribution in [-0.4, -0.2) is 33.6 Å². The van der Waals surface area contributed by atoms with Gasteiger partial charge in [-0.2, -0.15) is 0 Å². The zero-order chi connectivity index (χ0) is 27.7. The van der Waals surface area contributed by atoms with Crippen LogP contribution in [0.1, 0.15) is 146 Å². The summed E-state index contributed by atoms with van der Waals surface area (Å²) in [6, 6.07) is 0. The van der Waals surface area contributed by atoms with Crippen molar-refractivity contribution in [3.63, 3.8) is 0 Å². The van der Waals surface area contributed by atoms with Crippen molar-refractivity contribution >= 4 is 11.9 Å². The van der Waals surface area contributed by atoms with Gasteiger partial charge >= 0.3 is 5.97 Å². The standard InChI is InChI=1S/C33H48N2O4/c1-5-14-33(4,6-2)20-22-17-26(18-22)32-30(23-8-9-23)31(34-39-32)25(10-12-29(37)38)19-28(36)35-15-13-24-16-21(3)7-11-27(24)35/h7,11,21-23,25-26H,5-6,8-10,12-20H2,1-4H3,(H,37,38). The maximum atomic E-state index is 13.6. The van der Waals surface area contributed by atoms with Gasteiger partial charge < -0.3 is 14.5 Å². The molecule has 1 amide bonds. The molecule has 4 aliphatic rings. The molecule has 3 aliphatic carbocycles. The fraction of sp³-hybridized carbons (Fsp3) is 0.727. The van der Waals surface area contributed by atoms with Crippen molar-refractivity contribution in [1.29, 1.82) is 0 Å². The number of carbonyl (C=O) groups is 2. The molecule has 3 unspecified atom stereocenters. The molecule has 6 heteroatoms. The van der Waals surface area contributed by atoms with Gasteiger partial charge in [0.2, 0.25) is 5.91 Å². The minimum absolute atomic E-state index is 0.0359. The van der Waals surface area contributed by atoms with E-state index in [4.69, 9.17) is 4.52 Å². The number of aromatic nitrogens is 1. The van der Waals surface area contributed by atoms with Gasteiger partial charge in [0, 0.05) is 42.5 Å². The molecule has 214 valence electrons. The third kappa shape index (κ3) is 6.20. The smallest absolute Gasteiger partial charge is 0.303 e. The Morgan fingerprint density at radius 2 is 2.00 bits per heavy atom. The van der Waals surface area contributed by atoms with E-state index in [1.165, 1.54) is 36.8 Å². The fourth-order valence-corrected chi connectivity index (χ4v) is 7.56. The van der Waals surface area contributed by atoms with Crippen molar-refractivity contribution in [3.8, 4) is 0 Å². The molecular formula is C33H48N2O4. The number of carbonyl (C=O) groups excluding carboxylic acids is 1. The van der Waals surface area contributed by atoms with Gasteiger partial charge in [-0.05, 0) is 92.6 Å². The number of amides is 1. The van der Waals surface area contributed by atoms with Crippen molar-refractivity contribution in [1.82, 2.24) is 10.1 Å². The Morgan fingerprint density at radius 3 is 2.67 bits per heavy atom. The van der Waals surface area contributed by atoms with Crippen LogP contribution in [0.4, 0.5) is 0 Å². The molecule has 2 saturated carbocycles. The first kappa shape index (κ1) is 28.2. The van der Waals surface area contributed by atoms with Crippen molar-refractivity contribution < 1.29 is 19.2 Å². The number of hydrogen-bond acceptors (Lipinski definition) is 4. The maximum absolute atomic E-state index is 13.6. The molecule has 5 rings (SSSR count). The Bertz CT molecular complexity index is 1120. The van der Waals surface area contributed by atoms with Gasteiger partial charge in [0.15, 0.2) is 0 Å². The van der Waals surface area contributed by atoms with Crippen LogP contribution in [-0.2, 0) is 9.59 Å². The van der Waals surface area contributed by atoms with Crippen LogP contribution < -0.4 is 0 Å². The van der Waals surface area contributed by atoms with E-state index in [-0.39, 0.29) is 24.7 Å². The Hall–Kier alpha value is -2.37. The van der Waals surface area contributed by atoms with E-state index in [9.17, 15) is 14.7 Å². The SMILES string of the molecule is CCCC(C)(CC)CC1CC(c2onc(C(CCC(=O)O)CC(=O)N3CCC4=C3C=CC(C)C4)c2C2CC2)C1. The van der Waals surface area contributed by atoms with Crippen molar-refractivity contribution in [3.05, 3.63) is 40.4 Å². The first-order chi connectivity index (χ1) is 18.7. The highest BCUT2D eigenvalue weighted by atomic mass is 16.5. The van der Waals surface area contributed by atoms with Crippen LogP contribution in [0.3, 0.4) is 0 Å². The molecule has 1 N–H and O–H groups in total. The molecule has 2 fully saturated rings. The summed E-state index contributed by atoms with van der Waals surface area (Å²) in [5.74, 6) is 2.19. The van der Waals surface area contributed by atoms with Crippen LogP contribution in [0, 0.1) is 17.3 Å². The molecule has 3 atom stereocenters. The van der Waals surface area contributed by atoms with E-state index in [0.29, 0.717) is 29.6 Å². The molecule has 0 aromatic carbocycles. The van der Waals surface area contributed by atoms with Gasteiger partial charge in [-0.1, -0.05) is 51.8 Å². The molecule has 1 aliphatic heterocycles. The zero-order valence-corrected chi connectivity index (χ0v) is 24.5. The molecule has 2 heterocycles. The predicted octanol–water partition coefficient (Wildman–Crippen LogP) is 8.07. The second-order valence-electron chi connectivity index (χ2n) is 13.4. The maximum Gasteiger partial charge on any atom is 0.303 e. The number of aliphatic carboxylic acids is 1. The van der Waals surface area contributed by atoms with Crippen molar-refractivity contribution in [2.75, 3.05) is 6.54 Å². The normalized spacial score (nSPS) is 26.8. The Balaban J connectivity index is 1.32. The summed E-state index contributed by atoms with van der Waals surface area (Å²) >= 11 is 0. The van der Waals surface area contributed by atoms with Gasteiger partial charge in [0.25, 0.3) is 0 Å². The van der Waals surface area contributed by atoms with Crippen molar-refractivity contribution in [2.24, 2.45) is 17.3 Å². The Labute approximate surface area is 234 Å². The quantitative estimate of drug-likeness (QED) is 0.275. The van der Waals surface area contributed by atoms with Crippen LogP contribution in [0.25, 0.3) is 0 Å². The Morgan fingerprint density at radius 1 is 1.23 bits per heavy atom. The lowest BCUT2D eigenvalue weighted by atomic mass is 9.64. The molecule has 0 saturated heterocycles. The summed E-state index contributed by atoms with van der Waals surface area (Å²) in [4.78, 5) is 27.1. The minimum Gasteiger partial charge on any atom is -0.481 e. The van der Waals surface area contributed by atoms with Gasteiger partial charge in [0.05, 0.1) is 5.69 Å². The zero-order valence-electron chi connectivity index (χ0n) is 24.5. The third-order valence-corrected chi connectivity index (χ3v) is 10.1. The highest BCUT2D eigenvalue weighted by molar-refractivity contribution is 5.80. The van der Waals surface area contributed by atoms with Crippen molar-refractivity contribution in [2.45, 2.75) is 129 Å². The molecular weight excluding hydrogens is 488 g/mol. The fourth-order valence-electron chi connectivity index (χ4n) is 7.56. The molecule has 1 aromatic heterocycles. The van der Waals surface area contributed by atoms with Gasteiger partial charge in [-0.25, -0.2) is 0 Å². The molecule has 0 spiro atoms. The van der Waals surface area contributed by atoms with Crippen LogP contribution in [0.5, 0.6) is 0 Å². The van der Waals surface area contributed by atoms with E-state index in [2.05, 4.69) is 45.0 Å². The monoisotopic (exact) mass is 536 g/mol. The van der Waals surface area contributed by atoms with Gasteiger partial charge in [0.1, 0.15) is 5.76 Å². The molecule has 6 nitrogen and oxygen atoms in total. The van der Waals surface area contributed by atoms with E-state index in [1.54, 1.807) is 0 Å². The lowest BCUT2D eigenvalue weighted by molar-refractivity contribution is -0.137. The number of hydrogen-bond donors (Lipinski definition) is 1. The number of allylic oxidation sites excluding steroid dienone is 2. The summed E-state index contributed by atoms with van der Waals surface area (Å²) in [5.41, 5.74) is 4.97. The summed E-state index contributed by atoms with van der Waals surface area (Å²) < 4.78 is 6.10. The lowest BCUT2D eigenvalue weighted by Crippen LogP contribution is -2.29. The molecule has 39 heavy (non-hydrogen) atoms. The van der Waals surface area contributed by atoms with Gasteiger partial charge in [-0.3, -0.25) is 9.59 Å². The average Bonchev–Trinajstić information content (AvgIpc) is 3.48. The topological polar surface area (TPSA) is 83.6 Å². The van der Waals surface area contributed by atoms with E-state index in [1.807, 2.05) is 4.90 Å². The van der Waals surface area contributed by atoms with Crippen LogP contribution in [0.15, 0.2) is 27.9 Å². The molecule has 0 bridgehead atoms. The highest BCUT2D eigenvalue weighted by Crippen LogP contribution is 2.54. The number of nitrogens with zero attached hydrogens (tertiary/aromatic N) is 2. The van der Waals surface area contributed by atoms with Crippen LogP contribution >= 0.6 is 0 Å². The van der Waals surface area contributed by atoms with E-state index in [0.717, 1.165) is 68.1 Å². The predicted molar refractivity (Wildman–Crippen MR) is 152 cm³/mol. The second-order valence-corrected chi connectivity index (χ2v) is 13.4. The van der Waals surface area contributed by atoms with E-state index >= 15 is 0 Å². The van der Waals surface area contributed by atoms with E-state index < -0.39 is 5.97 Å². The summed E-state index contributed by atoms with van der Waals surface area (Å²) in [6.45, 7) is 9.99. The second kappa shape index (κ2) is 11.6. The summed E-state index contributed by atoms with van der Waals surface area (Å²) in [6.07, 6.45) is 16.6. The lowest BCUT2D eigenvalue weighted by Gasteiger charge is -2.40. The first-order valence-electron chi connectivity index (χ1n) is 15.6. The molecule has 1 aromatic rings. The summed E-state index contributed by atoms with van der Waals surface area (Å²) in [7, 11) is 0. The summed E-state index contributed by atoms with van der Waals surface area (Å²) in [5, 5.41) is 14.1. The number of carboxylic acids is 1.